The summed E-state index contributed by atoms with van der Waals surface area (Å²) in [5.74, 6) is -0.557. The van der Waals surface area contributed by atoms with Crippen LogP contribution in [0.2, 0.25) is 0 Å². The van der Waals surface area contributed by atoms with Crippen LogP contribution in [0.3, 0.4) is 0 Å². The molecule has 0 radical (unpaired) electrons. The van der Waals surface area contributed by atoms with Crippen LogP contribution in [0.4, 0.5) is 18.0 Å². The summed E-state index contributed by atoms with van der Waals surface area (Å²) in [5.41, 5.74) is -0.254. The molecular weight excluding hydrogens is 649 g/mol. The Bertz CT molecular complexity index is 1720. The molecule has 3 aromatic rings. The van der Waals surface area contributed by atoms with Gasteiger partial charge in [0.2, 0.25) is 5.28 Å². The number of amides is 1. The fourth-order valence-corrected chi connectivity index (χ4v) is 5.23. The fraction of sp³-hybridized carbons (Fsp3) is 0.414. The summed E-state index contributed by atoms with van der Waals surface area (Å²) in [7, 11) is -4.46. The number of carbonyl (C=O) groups is 2. The zero-order valence-corrected chi connectivity index (χ0v) is 26.7. The molecule has 0 aliphatic carbocycles. The molecule has 47 heavy (non-hydrogen) atoms. The van der Waals surface area contributed by atoms with Crippen LogP contribution in [0.15, 0.2) is 64.8 Å². The fourth-order valence-electron chi connectivity index (χ4n) is 4.35. The molecule has 1 unspecified atom stereocenters. The Morgan fingerprint density at radius 2 is 1.77 bits per heavy atom. The van der Waals surface area contributed by atoms with Crippen molar-refractivity contribution in [3.63, 3.8) is 0 Å². The molecule has 0 spiro atoms. The molecule has 0 saturated carbocycles. The molecule has 0 bridgehead atoms. The molecule has 1 fully saturated rings. The van der Waals surface area contributed by atoms with E-state index in [1.807, 2.05) is 6.92 Å². The number of halogens is 3. The third-order valence-corrected chi connectivity index (χ3v) is 8.14. The monoisotopic (exact) mass is 682 g/mol. The zero-order chi connectivity index (χ0) is 34.6. The minimum Gasteiger partial charge on any atom is -0.569 e. The second-order valence-electron chi connectivity index (χ2n) is 11.6. The van der Waals surface area contributed by atoms with Crippen LogP contribution in [-0.2, 0) is 35.3 Å². The van der Waals surface area contributed by atoms with E-state index in [0.29, 0.717) is 18.4 Å². The van der Waals surface area contributed by atoms with Crippen molar-refractivity contribution in [2.24, 2.45) is 10.7 Å². The van der Waals surface area contributed by atoms with Gasteiger partial charge < -0.3 is 19.5 Å². The van der Waals surface area contributed by atoms with Crippen LogP contribution in [-0.4, -0.2) is 66.2 Å². The van der Waals surface area contributed by atoms with Crippen molar-refractivity contribution in [3.8, 4) is 16.9 Å². The summed E-state index contributed by atoms with van der Waals surface area (Å²) in [6.07, 6.45) is -6.18. The van der Waals surface area contributed by atoms with Gasteiger partial charge >= 0.3 is 18.2 Å². The largest absolute Gasteiger partial charge is 0.569 e. The van der Waals surface area contributed by atoms with Crippen molar-refractivity contribution in [3.05, 3.63) is 71.1 Å². The Labute approximate surface area is 268 Å². The van der Waals surface area contributed by atoms with Gasteiger partial charge in [0.25, 0.3) is 16.8 Å². The lowest BCUT2D eigenvalue weighted by Crippen LogP contribution is -2.45. The topological polar surface area (TPSA) is 167 Å². The summed E-state index contributed by atoms with van der Waals surface area (Å²) in [6, 6.07) is 12.4. The minimum atomic E-state index is -4.72. The van der Waals surface area contributed by atoms with E-state index in [1.165, 1.54) is 12.1 Å². The standard InChI is InChI=1S/C29H33F3N6O8S/c1-19-7-9-20(10-8-19)24-16-25(29(30,31)32)33-37(24)21-11-13-23(14-12-21)47(42,43)34-27(40)46-22-6-5-15-36(17-22)38(41)35-45-18-44-26(39)28(2,3)4/h7-14,16,22H,5-6,15,17-18H2,1-4H3,(H,34,40)/b38-35+. The molecule has 4 rings (SSSR count). The number of aromatic nitrogens is 2. The Morgan fingerprint density at radius 1 is 1.11 bits per heavy atom. The molecule has 1 aromatic heterocycles. The van der Waals surface area contributed by atoms with Crippen LogP contribution in [0.25, 0.3) is 16.9 Å². The number of carbonyl (C=O) groups excluding carboxylic acids is 2. The van der Waals surface area contributed by atoms with E-state index in [4.69, 9.17) is 14.3 Å². The third kappa shape index (κ3) is 9.11. The van der Waals surface area contributed by atoms with Gasteiger partial charge in [-0.15, -0.1) is 5.01 Å². The smallest absolute Gasteiger partial charge is 0.435 e. The van der Waals surface area contributed by atoms with Gasteiger partial charge in [0.15, 0.2) is 5.69 Å². The molecule has 1 amide bonds. The lowest BCUT2D eigenvalue weighted by atomic mass is 9.98. The molecule has 2 heterocycles. The predicted molar refractivity (Wildman–Crippen MR) is 158 cm³/mol. The maximum atomic E-state index is 13.5. The number of benzene rings is 2. The van der Waals surface area contributed by atoms with Crippen LogP contribution in [0.1, 0.15) is 44.9 Å². The van der Waals surface area contributed by atoms with Crippen LogP contribution in [0, 0.1) is 17.5 Å². The molecular formula is C29H33F3N6O8S. The molecule has 18 heteroatoms. The summed E-state index contributed by atoms with van der Waals surface area (Å²) in [4.78, 5) is 28.7. The van der Waals surface area contributed by atoms with Crippen molar-refractivity contribution >= 4 is 22.1 Å². The molecule has 14 nitrogen and oxygen atoms in total. The summed E-state index contributed by atoms with van der Waals surface area (Å²) >= 11 is 0. The van der Waals surface area contributed by atoms with E-state index in [0.717, 1.165) is 33.5 Å². The number of nitrogens with zero attached hydrogens (tertiary/aromatic N) is 5. The van der Waals surface area contributed by atoms with Gasteiger partial charge in [-0.1, -0.05) is 29.8 Å². The van der Waals surface area contributed by atoms with Gasteiger partial charge in [-0.05, 0) is 70.9 Å². The first kappa shape index (κ1) is 35.0. The number of aryl methyl sites for hydroxylation is 1. The highest BCUT2D eigenvalue weighted by Crippen LogP contribution is 2.33. The van der Waals surface area contributed by atoms with Crippen molar-refractivity contribution in [2.45, 2.75) is 57.7 Å². The Morgan fingerprint density at radius 3 is 2.38 bits per heavy atom. The average molecular weight is 683 g/mol. The van der Waals surface area contributed by atoms with Crippen molar-refractivity contribution in [1.29, 1.82) is 0 Å². The van der Waals surface area contributed by atoms with E-state index in [-0.39, 0.29) is 34.3 Å². The van der Waals surface area contributed by atoms with Gasteiger partial charge in [0, 0.05) is 5.56 Å². The van der Waals surface area contributed by atoms with Crippen molar-refractivity contribution < 1.29 is 50.5 Å². The zero-order valence-electron chi connectivity index (χ0n) is 25.9. The quantitative estimate of drug-likeness (QED) is 0.0801. The Kier molecular flexibility index (Phi) is 10.3. The number of hydrogen-bond donors (Lipinski definition) is 1. The van der Waals surface area contributed by atoms with Gasteiger partial charge in [0.1, 0.15) is 12.6 Å². The maximum absolute atomic E-state index is 13.5. The summed E-state index contributed by atoms with van der Waals surface area (Å²) in [6.45, 7) is 6.26. The number of piperidine rings is 1. The highest BCUT2D eigenvalue weighted by atomic mass is 32.2. The van der Waals surface area contributed by atoms with E-state index < -0.39 is 52.3 Å². The molecule has 254 valence electrons. The predicted octanol–water partition coefficient (Wildman–Crippen LogP) is 5.10. The SMILES string of the molecule is Cc1ccc(-c2cc(C(F)(F)F)nn2-c2ccc(S(=O)(=O)NC(=O)OC3CCCN(/[N+]([O-])=N\OCOC(=O)C(C)(C)C)C3)cc2)cc1. The second-order valence-corrected chi connectivity index (χ2v) is 13.3. The number of sulfonamides is 1. The normalized spacial score (nSPS) is 16.0. The number of hydrazine groups is 1. The molecule has 1 aliphatic rings. The Balaban J connectivity index is 1.38. The van der Waals surface area contributed by atoms with Crippen LogP contribution in [0.5, 0.6) is 0 Å². The molecule has 2 aromatic carbocycles. The second kappa shape index (κ2) is 13.9. The number of nitrogens with one attached hydrogen (secondary N) is 1. The van der Waals surface area contributed by atoms with Crippen molar-refractivity contribution in [1.82, 2.24) is 19.5 Å². The highest BCUT2D eigenvalue weighted by molar-refractivity contribution is 7.90. The first-order chi connectivity index (χ1) is 21.9. The highest BCUT2D eigenvalue weighted by Gasteiger charge is 2.35. The minimum absolute atomic E-state index is 0.109. The van der Waals surface area contributed by atoms with E-state index in [2.05, 4.69) is 10.4 Å². The average Bonchev–Trinajstić information content (AvgIpc) is 3.45. The van der Waals surface area contributed by atoms with E-state index >= 15 is 0 Å². The molecule has 1 saturated heterocycles. The lowest BCUT2D eigenvalue weighted by molar-refractivity contribution is -0.714. The Hall–Kier alpha value is -4.87. The number of rotatable bonds is 9. The number of ether oxygens (including phenoxy) is 2. The van der Waals surface area contributed by atoms with Crippen LogP contribution < -0.4 is 4.72 Å². The third-order valence-electron chi connectivity index (χ3n) is 6.81. The lowest BCUT2D eigenvalue weighted by Gasteiger charge is -2.28. The van der Waals surface area contributed by atoms with Gasteiger partial charge in [-0.25, -0.2) is 22.6 Å². The molecule has 1 aliphatic heterocycles. The van der Waals surface area contributed by atoms with E-state index in [1.54, 1.807) is 49.8 Å². The number of hydrogen-bond acceptors (Lipinski definition) is 10. The first-order valence-electron chi connectivity index (χ1n) is 14.2. The molecule has 1 N–H and O–H groups in total. The van der Waals surface area contributed by atoms with Gasteiger partial charge in [-0.3, -0.25) is 4.79 Å². The van der Waals surface area contributed by atoms with Crippen molar-refractivity contribution in [2.75, 3.05) is 19.9 Å². The van der Waals surface area contributed by atoms with Gasteiger partial charge in [0.05, 0.1) is 33.2 Å². The molecule has 1 atom stereocenters. The van der Waals surface area contributed by atoms with Gasteiger partial charge in [-0.2, -0.15) is 18.3 Å². The summed E-state index contributed by atoms with van der Waals surface area (Å²) in [5, 5.41) is 20.4. The first-order valence-corrected chi connectivity index (χ1v) is 15.7. The van der Waals surface area contributed by atoms with E-state index in [9.17, 15) is 36.4 Å². The number of esters is 1. The number of alkyl halides is 3. The summed E-state index contributed by atoms with van der Waals surface area (Å²) < 4.78 is 79.2. The van der Waals surface area contributed by atoms with Crippen LogP contribution >= 0.6 is 0 Å². The maximum Gasteiger partial charge on any atom is 0.435 e.